The van der Waals surface area contributed by atoms with E-state index in [0.29, 0.717) is 16.9 Å². The smallest absolute Gasteiger partial charge is 0.349 e. The van der Waals surface area contributed by atoms with Gasteiger partial charge in [-0.05, 0) is 31.5 Å². The molecule has 0 aliphatic carbocycles. The van der Waals surface area contributed by atoms with E-state index in [1.54, 1.807) is 36.6 Å². The fraction of sp³-hybridized carbons (Fsp3) is 0.190. The van der Waals surface area contributed by atoms with Gasteiger partial charge in [-0.15, -0.1) is 11.3 Å². The molecule has 1 N–H and O–H groups in total. The minimum Gasteiger partial charge on any atom is -0.495 e. The van der Waals surface area contributed by atoms with Crippen LogP contribution >= 0.6 is 11.3 Å². The van der Waals surface area contributed by atoms with Crippen molar-refractivity contribution in [1.82, 2.24) is 0 Å². The lowest BCUT2D eigenvalue weighted by Crippen LogP contribution is -2.17. The van der Waals surface area contributed by atoms with Gasteiger partial charge in [-0.1, -0.05) is 42.0 Å². The Morgan fingerprint density at radius 1 is 1.10 bits per heavy atom. The Labute approximate surface area is 174 Å². The van der Waals surface area contributed by atoms with Gasteiger partial charge in [0.1, 0.15) is 15.5 Å². The third-order valence-corrected chi connectivity index (χ3v) is 6.73. The topological polar surface area (TPSA) is 81.7 Å². The van der Waals surface area contributed by atoms with Crippen LogP contribution in [-0.4, -0.2) is 28.1 Å². The number of sulfonamides is 1. The van der Waals surface area contributed by atoms with Crippen LogP contribution in [0.4, 0.5) is 5.69 Å². The van der Waals surface area contributed by atoms with Crippen molar-refractivity contribution >= 4 is 33.0 Å². The predicted molar refractivity (Wildman–Crippen MR) is 114 cm³/mol. The Balaban J connectivity index is 2.15. The zero-order valence-electron chi connectivity index (χ0n) is 16.3. The first kappa shape index (κ1) is 20.9. The number of nitrogens with one attached hydrogen (secondary N) is 1. The summed E-state index contributed by atoms with van der Waals surface area (Å²) in [6.07, 6.45) is 0. The lowest BCUT2D eigenvalue weighted by molar-refractivity contribution is 0.0528. The van der Waals surface area contributed by atoms with E-state index in [9.17, 15) is 13.2 Å². The highest BCUT2D eigenvalue weighted by molar-refractivity contribution is 7.93. The number of thiophene rings is 1. The highest BCUT2D eigenvalue weighted by atomic mass is 32.2. The van der Waals surface area contributed by atoms with Gasteiger partial charge in [0, 0.05) is 10.9 Å². The van der Waals surface area contributed by atoms with Gasteiger partial charge >= 0.3 is 5.97 Å². The Kier molecular flexibility index (Phi) is 6.24. The quantitative estimate of drug-likeness (QED) is 0.548. The fourth-order valence-corrected chi connectivity index (χ4v) is 5.57. The Morgan fingerprint density at radius 3 is 2.45 bits per heavy atom. The number of para-hydroxylation sites is 2. The van der Waals surface area contributed by atoms with E-state index in [1.807, 2.05) is 31.2 Å². The molecule has 8 heteroatoms. The first-order chi connectivity index (χ1) is 13.9. The molecular weight excluding hydrogens is 410 g/mol. The fourth-order valence-electron chi connectivity index (χ4n) is 2.81. The van der Waals surface area contributed by atoms with Gasteiger partial charge in [0.2, 0.25) is 0 Å². The highest BCUT2D eigenvalue weighted by Crippen LogP contribution is 2.38. The second-order valence-corrected chi connectivity index (χ2v) is 8.70. The lowest BCUT2D eigenvalue weighted by atomic mass is 10.1. The summed E-state index contributed by atoms with van der Waals surface area (Å²) in [4.78, 5) is 12.4. The van der Waals surface area contributed by atoms with E-state index >= 15 is 0 Å². The van der Waals surface area contributed by atoms with Crippen LogP contribution < -0.4 is 9.46 Å². The van der Waals surface area contributed by atoms with Crippen molar-refractivity contribution in [3.05, 3.63) is 64.4 Å². The predicted octanol–water partition coefficient (Wildman–Crippen LogP) is 4.71. The molecule has 0 amide bonds. The van der Waals surface area contributed by atoms with Gasteiger partial charge in [-0.3, -0.25) is 4.72 Å². The molecule has 152 valence electrons. The number of carbonyl (C=O) groups excluding carboxylic acids is 1. The van der Waals surface area contributed by atoms with E-state index in [2.05, 4.69) is 4.72 Å². The summed E-state index contributed by atoms with van der Waals surface area (Å²) in [5, 5.41) is 1.66. The van der Waals surface area contributed by atoms with Crippen LogP contribution in [-0.2, 0) is 14.8 Å². The van der Waals surface area contributed by atoms with Gasteiger partial charge in [0.15, 0.2) is 0 Å². The number of benzene rings is 2. The van der Waals surface area contributed by atoms with Crippen molar-refractivity contribution in [3.8, 4) is 16.9 Å². The Bertz CT molecular complexity index is 1120. The summed E-state index contributed by atoms with van der Waals surface area (Å²) < 4.78 is 39.6. The summed E-state index contributed by atoms with van der Waals surface area (Å²) in [6, 6.07) is 14.1. The van der Waals surface area contributed by atoms with E-state index in [0.717, 1.165) is 16.9 Å². The van der Waals surface area contributed by atoms with Crippen LogP contribution in [0.15, 0.2) is 58.8 Å². The minimum absolute atomic E-state index is 0.0322. The van der Waals surface area contributed by atoms with Gasteiger partial charge in [-0.25, -0.2) is 13.2 Å². The lowest BCUT2D eigenvalue weighted by Gasteiger charge is -2.13. The highest BCUT2D eigenvalue weighted by Gasteiger charge is 2.30. The Hall–Kier alpha value is -2.84. The number of aryl methyl sites for hydroxylation is 1. The number of rotatable bonds is 7. The van der Waals surface area contributed by atoms with Crippen molar-refractivity contribution in [2.24, 2.45) is 0 Å². The average molecular weight is 432 g/mol. The molecular formula is C21H21NO5S2. The molecule has 29 heavy (non-hydrogen) atoms. The number of esters is 1. The molecule has 0 spiro atoms. The molecule has 0 saturated carbocycles. The van der Waals surface area contributed by atoms with E-state index in [1.165, 1.54) is 7.11 Å². The maximum absolute atomic E-state index is 13.4. The normalized spacial score (nSPS) is 11.1. The van der Waals surface area contributed by atoms with Crippen LogP contribution in [0, 0.1) is 6.92 Å². The molecule has 0 saturated heterocycles. The molecule has 0 radical (unpaired) electrons. The third kappa shape index (κ3) is 4.44. The van der Waals surface area contributed by atoms with E-state index in [4.69, 9.17) is 9.47 Å². The van der Waals surface area contributed by atoms with Crippen molar-refractivity contribution < 1.29 is 22.7 Å². The first-order valence-corrected chi connectivity index (χ1v) is 11.2. The van der Waals surface area contributed by atoms with Crippen molar-refractivity contribution in [2.45, 2.75) is 18.7 Å². The molecule has 0 unspecified atom stereocenters. The van der Waals surface area contributed by atoms with Crippen LogP contribution in [0.5, 0.6) is 5.75 Å². The standard InChI is InChI=1S/C21H21NO5S2/c1-4-27-21(23)19-20(16(13-28-19)15-11-9-14(2)10-12-15)29(24,25)22-17-7-5-6-8-18(17)26-3/h5-13,22H,4H2,1-3H3. The number of methoxy groups -OCH3 is 1. The average Bonchev–Trinajstić information content (AvgIpc) is 3.15. The number of carbonyl (C=O) groups is 1. The maximum Gasteiger partial charge on any atom is 0.349 e. The SMILES string of the molecule is CCOC(=O)c1scc(-c2ccc(C)cc2)c1S(=O)(=O)Nc1ccccc1OC. The molecule has 2 aromatic carbocycles. The number of hydrogen-bond donors (Lipinski definition) is 1. The first-order valence-electron chi connectivity index (χ1n) is 8.89. The zero-order chi connectivity index (χ0) is 21.0. The summed E-state index contributed by atoms with van der Waals surface area (Å²) in [6.45, 7) is 3.77. The monoisotopic (exact) mass is 431 g/mol. The van der Waals surface area contributed by atoms with Crippen LogP contribution in [0.1, 0.15) is 22.2 Å². The Morgan fingerprint density at radius 2 is 1.79 bits per heavy atom. The summed E-state index contributed by atoms with van der Waals surface area (Å²) >= 11 is 1.05. The largest absolute Gasteiger partial charge is 0.495 e. The molecule has 0 atom stereocenters. The van der Waals surface area contributed by atoms with Crippen molar-refractivity contribution in [2.75, 3.05) is 18.4 Å². The second-order valence-electron chi connectivity index (χ2n) is 6.20. The molecule has 0 fully saturated rings. The molecule has 6 nitrogen and oxygen atoms in total. The number of hydrogen-bond acceptors (Lipinski definition) is 6. The summed E-state index contributed by atoms with van der Waals surface area (Å²) in [5.74, 6) is -0.294. The van der Waals surface area contributed by atoms with Crippen LogP contribution in [0.3, 0.4) is 0 Å². The summed E-state index contributed by atoms with van der Waals surface area (Å²) in [5.41, 5.74) is 2.47. The number of anilines is 1. The molecule has 3 aromatic rings. The molecule has 0 aliphatic rings. The second kappa shape index (κ2) is 8.67. The molecule has 0 bridgehead atoms. The van der Waals surface area contributed by atoms with Gasteiger partial charge in [-0.2, -0.15) is 0 Å². The van der Waals surface area contributed by atoms with Crippen molar-refractivity contribution in [3.63, 3.8) is 0 Å². The van der Waals surface area contributed by atoms with E-state index < -0.39 is 16.0 Å². The number of ether oxygens (including phenoxy) is 2. The molecule has 3 rings (SSSR count). The van der Waals surface area contributed by atoms with E-state index in [-0.39, 0.29) is 22.1 Å². The maximum atomic E-state index is 13.4. The summed E-state index contributed by atoms with van der Waals surface area (Å²) in [7, 11) is -2.65. The zero-order valence-corrected chi connectivity index (χ0v) is 17.9. The van der Waals surface area contributed by atoms with Gasteiger partial charge in [0.25, 0.3) is 10.0 Å². The van der Waals surface area contributed by atoms with Gasteiger partial charge < -0.3 is 9.47 Å². The minimum atomic E-state index is -4.11. The molecule has 0 aliphatic heterocycles. The molecule has 1 heterocycles. The van der Waals surface area contributed by atoms with Gasteiger partial charge in [0.05, 0.1) is 19.4 Å². The molecule has 1 aromatic heterocycles. The van der Waals surface area contributed by atoms with Crippen molar-refractivity contribution in [1.29, 1.82) is 0 Å². The van der Waals surface area contributed by atoms with Crippen LogP contribution in [0.25, 0.3) is 11.1 Å². The third-order valence-electron chi connectivity index (χ3n) is 4.19. The van der Waals surface area contributed by atoms with Crippen LogP contribution in [0.2, 0.25) is 0 Å².